The SMILES string of the molecule is Cc1cccn2c(CN3CCOC(c4nncn4C)C3)cnc12. The minimum absolute atomic E-state index is 0.0304. The third-order valence-corrected chi connectivity index (χ3v) is 4.38. The predicted molar refractivity (Wildman–Crippen MR) is 84.9 cm³/mol. The van der Waals surface area contributed by atoms with Crippen molar-refractivity contribution in [2.75, 3.05) is 19.7 Å². The summed E-state index contributed by atoms with van der Waals surface area (Å²) in [6.07, 6.45) is 5.72. The molecule has 4 rings (SSSR count). The lowest BCUT2D eigenvalue weighted by molar-refractivity contribution is -0.0389. The average Bonchev–Trinajstić information content (AvgIpc) is 3.15. The monoisotopic (exact) mass is 312 g/mol. The van der Waals surface area contributed by atoms with Gasteiger partial charge < -0.3 is 13.7 Å². The smallest absolute Gasteiger partial charge is 0.163 e. The van der Waals surface area contributed by atoms with Crippen LogP contribution >= 0.6 is 0 Å². The lowest BCUT2D eigenvalue weighted by atomic mass is 10.2. The van der Waals surface area contributed by atoms with Crippen LogP contribution in [0.15, 0.2) is 30.9 Å². The van der Waals surface area contributed by atoms with Crippen LogP contribution in [0.1, 0.15) is 23.2 Å². The van der Waals surface area contributed by atoms with E-state index in [1.54, 1.807) is 6.33 Å². The van der Waals surface area contributed by atoms with Crippen LogP contribution in [-0.4, -0.2) is 48.7 Å². The number of ether oxygens (including phenoxy) is 1. The Kier molecular flexibility index (Phi) is 3.59. The van der Waals surface area contributed by atoms with Crippen LogP contribution in [0.5, 0.6) is 0 Å². The standard InChI is InChI=1S/C16H20N6O/c1-12-4-3-5-22-13(8-17-15(12)22)9-21-6-7-23-14(10-21)16-19-18-11-20(16)2/h3-5,8,11,14H,6-7,9-10H2,1-2H3. The van der Waals surface area contributed by atoms with Gasteiger partial charge in [0.15, 0.2) is 5.82 Å². The fourth-order valence-electron chi connectivity index (χ4n) is 3.13. The molecule has 0 aromatic carbocycles. The highest BCUT2D eigenvalue weighted by atomic mass is 16.5. The van der Waals surface area contributed by atoms with E-state index < -0.39 is 0 Å². The number of aromatic nitrogens is 5. The molecule has 1 saturated heterocycles. The highest BCUT2D eigenvalue weighted by Crippen LogP contribution is 2.21. The van der Waals surface area contributed by atoms with Crippen LogP contribution < -0.4 is 0 Å². The second-order valence-electron chi connectivity index (χ2n) is 6.03. The first-order chi connectivity index (χ1) is 11.2. The molecule has 0 radical (unpaired) electrons. The minimum Gasteiger partial charge on any atom is -0.368 e. The fourth-order valence-corrected chi connectivity index (χ4v) is 3.13. The number of aryl methyl sites for hydroxylation is 2. The van der Waals surface area contributed by atoms with Crippen molar-refractivity contribution in [3.05, 3.63) is 47.9 Å². The molecule has 0 saturated carbocycles. The van der Waals surface area contributed by atoms with Gasteiger partial charge in [-0.05, 0) is 18.6 Å². The third-order valence-electron chi connectivity index (χ3n) is 4.38. The summed E-state index contributed by atoms with van der Waals surface area (Å²) in [6, 6.07) is 4.15. The van der Waals surface area contributed by atoms with E-state index in [-0.39, 0.29) is 6.10 Å². The van der Waals surface area contributed by atoms with Gasteiger partial charge in [0.1, 0.15) is 18.1 Å². The number of pyridine rings is 1. The van der Waals surface area contributed by atoms with Gasteiger partial charge in [0.05, 0.1) is 18.5 Å². The van der Waals surface area contributed by atoms with Crippen molar-refractivity contribution in [1.29, 1.82) is 0 Å². The number of fused-ring (bicyclic) bond motifs is 1. The van der Waals surface area contributed by atoms with E-state index in [2.05, 4.69) is 49.7 Å². The zero-order valence-corrected chi connectivity index (χ0v) is 13.4. The first-order valence-corrected chi connectivity index (χ1v) is 7.82. The van der Waals surface area contributed by atoms with Crippen LogP contribution in [0.4, 0.5) is 0 Å². The molecular weight excluding hydrogens is 292 g/mol. The molecule has 1 aliphatic rings. The minimum atomic E-state index is -0.0304. The first-order valence-electron chi connectivity index (χ1n) is 7.82. The fraction of sp³-hybridized carbons (Fsp3) is 0.438. The molecule has 120 valence electrons. The largest absolute Gasteiger partial charge is 0.368 e. The molecule has 0 spiro atoms. The quantitative estimate of drug-likeness (QED) is 0.730. The topological polar surface area (TPSA) is 60.5 Å². The normalized spacial score (nSPS) is 19.5. The Morgan fingerprint density at radius 1 is 1.39 bits per heavy atom. The van der Waals surface area contributed by atoms with Crippen molar-refractivity contribution < 1.29 is 4.74 Å². The van der Waals surface area contributed by atoms with Crippen molar-refractivity contribution in [2.24, 2.45) is 7.05 Å². The van der Waals surface area contributed by atoms with Gasteiger partial charge in [-0.15, -0.1) is 10.2 Å². The molecule has 3 aromatic heterocycles. The summed E-state index contributed by atoms with van der Waals surface area (Å²) >= 11 is 0. The third kappa shape index (κ3) is 2.62. The molecule has 23 heavy (non-hydrogen) atoms. The number of nitrogens with zero attached hydrogens (tertiary/aromatic N) is 6. The molecule has 0 amide bonds. The van der Waals surface area contributed by atoms with E-state index in [0.717, 1.165) is 31.1 Å². The molecule has 0 N–H and O–H groups in total. The molecule has 1 unspecified atom stereocenters. The van der Waals surface area contributed by atoms with E-state index in [0.29, 0.717) is 6.61 Å². The Hall–Kier alpha value is -2.25. The zero-order valence-electron chi connectivity index (χ0n) is 13.4. The van der Waals surface area contributed by atoms with Crippen LogP contribution in [-0.2, 0) is 18.3 Å². The summed E-state index contributed by atoms with van der Waals surface area (Å²) in [4.78, 5) is 6.93. The summed E-state index contributed by atoms with van der Waals surface area (Å²) in [5.41, 5.74) is 3.42. The summed E-state index contributed by atoms with van der Waals surface area (Å²) in [5.74, 6) is 0.878. The van der Waals surface area contributed by atoms with Gasteiger partial charge in [0.25, 0.3) is 0 Å². The maximum absolute atomic E-state index is 5.87. The van der Waals surface area contributed by atoms with E-state index >= 15 is 0 Å². The molecule has 3 aromatic rings. The van der Waals surface area contributed by atoms with Gasteiger partial charge in [-0.2, -0.15) is 0 Å². The lowest BCUT2D eigenvalue weighted by Gasteiger charge is -2.32. The van der Waals surface area contributed by atoms with Crippen molar-refractivity contribution in [3.8, 4) is 0 Å². The summed E-state index contributed by atoms with van der Waals surface area (Å²) in [7, 11) is 1.95. The van der Waals surface area contributed by atoms with Crippen molar-refractivity contribution >= 4 is 5.65 Å². The van der Waals surface area contributed by atoms with E-state index in [1.807, 2.05) is 17.8 Å². The highest BCUT2D eigenvalue weighted by molar-refractivity contribution is 5.48. The number of rotatable bonds is 3. The lowest BCUT2D eigenvalue weighted by Crippen LogP contribution is -2.38. The van der Waals surface area contributed by atoms with Crippen molar-refractivity contribution in [3.63, 3.8) is 0 Å². The van der Waals surface area contributed by atoms with Crippen LogP contribution in [0.2, 0.25) is 0 Å². The molecule has 1 fully saturated rings. The number of imidazole rings is 1. The predicted octanol–water partition coefficient (Wildman–Crippen LogP) is 1.34. The zero-order chi connectivity index (χ0) is 15.8. The van der Waals surface area contributed by atoms with Gasteiger partial charge in [0, 0.05) is 32.9 Å². The number of hydrogen-bond acceptors (Lipinski definition) is 5. The van der Waals surface area contributed by atoms with Gasteiger partial charge in [-0.1, -0.05) is 6.07 Å². The van der Waals surface area contributed by atoms with E-state index in [4.69, 9.17) is 4.74 Å². The van der Waals surface area contributed by atoms with Crippen molar-refractivity contribution in [1.82, 2.24) is 29.0 Å². The summed E-state index contributed by atoms with van der Waals surface area (Å²) in [5, 5.41) is 8.12. The Labute approximate surface area is 134 Å². The van der Waals surface area contributed by atoms with Crippen LogP contribution in [0.3, 0.4) is 0 Å². The molecule has 0 aliphatic carbocycles. The highest BCUT2D eigenvalue weighted by Gasteiger charge is 2.26. The number of morpholine rings is 1. The molecule has 4 heterocycles. The molecular formula is C16H20N6O. The molecule has 1 aliphatic heterocycles. The number of hydrogen-bond donors (Lipinski definition) is 0. The Morgan fingerprint density at radius 3 is 3.13 bits per heavy atom. The second-order valence-corrected chi connectivity index (χ2v) is 6.03. The molecule has 7 nitrogen and oxygen atoms in total. The Balaban J connectivity index is 1.54. The van der Waals surface area contributed by atoms with Gasteiger partial charge in [-0.25, -0.2) is 4.98 Å². The van der Waals surface area contributed by atoms with E-state index in [9.17, 15) is 0 Å². The average molecular weight is 312 g/mol. The van der Waals surface area contributed by atoms with Gasteiger partial charge in [-0.3, -0.25) is 4.90 Å². The second kappa shape index (κ2) is 5.75. The first kappa shape index (κ1) is 14.3. The maximum Gasteiger partial charge on any atom is 0.163 e. The Bertz CT molecular complexity index is 823. The van der Waals surface area contributed by atoms with Crippen molar-refractivity contribution in [2.45, 2.75) is 19.6 Å². The molecule has 0 bridgehead atoms. The van der Waals surface area contributed by atoms with Crippen LogP contribution in [0.25, 0.3) is 5.65 Å². The molecule has 1 atom stereocenters. The van der Waals surface area contributed by atoms with Crippen LogP contribution in [0, 0.1) is 6.92 Å². The maximum atomic E-state index is 5.87. The van der Waals surface area contributed by atoms with E-state index in [1.165, 1.54) is 11.3 Å². The van der Waals surface area contributed by atoms with Gasteiger partial charge in [0.2, 0.25) is 0 Å². The Morgan fingerprint density at radius 2 is 2.30 bits per heavy atom. The molecule has 7 heteroatoms. The van der Waals surface area contributed by atoms with Gasteiger partial charge >= 0.3 is 0 Å². The summed E-state index contributed by atoms with van der Waals surface area (Å²) in [6.45, 7) is 5.36. The summed E-state index contributed by atoms with van der Waals surface area (Å²) < 4.78 is 9.96.